The second-order valence-electron chi connectivity index (χ2n) is 7.10. The average molecular weight is 337 g/mol. The number of rotatable bonds is 5. The van der Waals surface area contributed by atoms with Crippen LogP contribution < -0.4 is 5.32 Å². The minimum absolute atomic E-state index is 0.147. The molecule has 3 N–H and O–H groups in total. The van der Waals surface area contributed by atoms with Crippen molar-refractivity contribution in [3.8, 4) is 0 Å². The second kappa shape index (κ2) is 6.91. The van der Waals surface area contributed by atoms with Gasteiger partial charge in [-0.3, -0.25) is 0 Å². The topological polar surface area (TPSA) is 69.6 Å². The van der Waals surface area contributed by atoms with Gasteiger partial charge in [-0.25, -0.2) is 4.79 Å². The zero-order valence-electron chi connectivity index (χ0n) is 13.8. The van der Waals surface area contributed by atoms with E-state index in [1.165, 1.54) is 11.3 Å². The van der Waals surface area contributed by atoms with Gasteiger partial charge in [0, 0.05) is 12.0 Å². The minimum Gasteiger partial charge on any atom is -0.479 e. The van der Waals surface area contributed by atoms with Crippen molar-refractivity contribution in [2.75, 3.05) is 7.05 Å². The molecule has 2 aliphatic carbocycles. The lowest BCUT2D eigenvalue weighted by Crippen LogP contribution is -2.42. The Hall–Kier alpha value is -0.910. The molecular formula is C18H27NO3S. The largest absolute Gasteiger partial charge is 0.479 e. The van der Waals surface area contributed by atoms with Crippen LogP contribution in [0.3, 0.4) is 0 Å². The van der Waals surface area contributed by atoms with Gasteiger partial charge >= 0.3 is 5.97 Å². The summed E-state index contributed by atoms with van der Waals surface area (Å²) in [4.78, 5) is 12.7. The molecule has 2 saturated carbocycles. The molecule has 0 bridgehead atoms. The molecule has 2 fully saturated rings. The van der Waals surface area contributed by atoms with Crippen LogP contribution in [0.15, 0.2) is 11.4 Å². The van der Waals surface area contributed by atoms with Gasteiger partial charge in [0.1, 0.15) is 0 Å². The Morgan fingerprint density at radius 1 is 1.22 bits per heavy atom. The smallest absolute Gasteiger partial charge is 0.341 e. The summed E-state index contributed by atoms with van der Waals surface area (Å²) in [6.07, 6.45) is 8.03. The molecule has 1 aromatic rings. The van der Waals surface area contributed by atoms with Crippen LogP contribution in [0.5, 0.6) is 0 Å². The van der Waals surface area contributed by atoms with Gasteiger partial charge in [0.25, 0.3) is 0 Å². The van der Waals surface area contributed by atoms with Crippen LogP contribution in [0.4, 0.5) is 0 Å². The van der Waals surface area contributed by atoms with Crippen molar-refractivity contribution in [1.29, 1.82) is 0 Å². The minimum atomic E-state index is -1.69. The quantitative estimate of drug-likeness (QED) is 0.769. The first-order valence-electron chi connectivity index (χ1n) is 8.78. The first kappa shape index (κ1) is 16.9. The van der Waals surface area contributed by atoms with E-state index in [-0.39, 0.29) is 5.92 Å². The Balaban J connectivity index is 1.88. The molecule has 1 atom stereocenters. The molecule has 0 spiro atoms. The summed E-state index contributed by atoms with van der Waals surface area (Å²) in [6.45, 7) is 0. The summed E-state index contributed by atoms with van der Waals surface area (Å²) < 4.78 is 0. The molecule has 0 radical (unpaired) electrons. The van der Waals surface area contributed by atoms with Gasteiger partial charge in [-0.05, 0) is 68.5 Å². The van der Waals surface area contributed by atoms with E-state index in [0.29, 0.717) is 16.8 Å². The summed E-state index contributed by atoms with van der Waals surface area (Å²) in [5.41, 5.74) is -0.610. The molecule has 0 saturated heterocycles. The molecule has 0 amide bonds. The fraction of sp³-hybridized carbons (Fsp3) is 0.722. The lowest BCUT2D eigenvalue weighted by molar-refractivity contribution is -0.166. The van der Waals surface area contributed by atoms with Crippen LogP contribution in [0.1, 0.15) is 67.7 Å². The summed E-state index contributed by atoms with van der Waals surface area (Å²) in [5.74, 6) is -0.837. The van der Waals surface area contributed by atoms with Crippen LogP contribution in [0, 0.1) is 5.92 Å². The van der Waals surface area contributed by atoms with E-state index in [1.807, 2.05) is 18.5 Å². The van der Waals surface area contributed by atoms with Gasteiger partial charge in [0.2, 0.25) is 0 Å². The molecule has 3 rings (SSSR count). The summed E-state index contributed by atoms with van der Waals surface area (Å²) in [7, 11) is 2.00. The van der Waals surface area contributed by atoms with Crippen LogP contribution in [0.25, 0.3) is 0 Å². The Bertz CT molecular complexity index is 544. The van der Waals surface area contributed by atoms with Gasteiger partial charge in [-0.2, -0.15) is 0 Å². The summed E-state index contributed by atoms with van der Waals surface area (Å²) in [5, 5.41) is 26.3. The van der Waals surface area contributed by atoms with Gasteiger partial charge < -0.3 is 15.5 Å². The van der Waals surface area contributed by atoms with Crippen molar-refractivity contribution in [3.63, 3.8) is 0 Å². The molecule has 0 unspecified atom stereocenters. The number of thiophene rings is 1. The molecule has 0 aromatic carbocycles. The number of nitrogens with one attached hydrogen (secondary N) is 1. The highest BCUT2D eigenvalue weighted by Gasteiger charge is 2.49. The maximum Gasteiger partial charge on any atom is 0.341 e. The van der Waals surface area contributed by atoms with E-state index in [9.17, 15) is 15.0 Å². The zero-order valence-corrected chi connectivity index (χ0v) is 14.6. The van der Waals surface area contributed by atoms with Crippen molar-refractivity contribution in [1.82, 2.24) is 5.32 Å². The van der Waals surface area contributed by atoms with E-state index >= 15 is 0 Å². The Morgan fingerprint density at radius 3 is 2.43 bits per heavy atom. The number of aliphatic carboxylic acids is 1. The Kier molecular flexibility index (Phi) is 5.09. The maximum atomic E-state index is 12.0. The fourth-order valence-electron chi connectivity index (χ4n) is 4.44. The predicted molar refractivity (Wildman–Crippen MR) is 91.9 cm³/mol. The molecule has 4 nitrogen and oxygen atoms in total. The number of carboxylic acid groups (broad SMARTS) is 1. The lowest BCUT2D eigenvalue weighted by atomic mass is 9.77. The second-order valence-corrected chi connectivity index (χ2v) is 8.01. The SMILES string of the molecule is CNC1CCC(c2ccsc2[C@@](O)(C(=O)O)C2CCCC2)CC1. The molecule has 1 heterocycles. The molecule has 1 aromatic heterocycles. The van der Waals surface area contributed by atoms with E-state index < -0.39 is 11.6 Å². The first-order chi connectivity index (χ1) is 11.1. The van der Waals surface area contributed by atoms with Gasteiger partial charge in [-0.1, -0.05) is 12.8 Å². The van der Waals surface area contributed by atoms with Crippen LogP contribution >= 0.6 is 11.3 Å². The normalized spacial score (nSPS) is 28.6. The molecular weight excluding hydrogens is 310 g/mol. The van der Waals surface area contributed by atoms with Crippen molar-refractivity contribution in [2.24, 2.45) is 5.92 Å². The highest BCUT2D eigenvalue weighted by molar-refractivity contribution is 7.10. The summed E-state index contributed by atoms with van der Waals surface area (Å²) >= 11 is 1.43. The number of hydrogen-bond donors (Lipinski definition) is 3. The molecule has 128 valence electrons. The lowest BCUT2D eigenvalue weighted by Gasteiger charge is -2.33. The van der Waals surface area contributed by atoms with E-state index in [0.717, 1.165) is 56.9 Å². The fourth-order valence-corrected chi connectivity index (χ4v) is 5.60. The van der Waals surface area contributed by atoms with Crippen molar-refractivity contribution in [3.05, 3.63) is 21.9 Å². The van der Waals surface area contributed by atoms with Gasteiger partial charge in [-0.15, -0.1) is 11.3 Å². The van der Waals surface area contributed by atoms with Crippen LogP contribution in [-0.4, -0.2) is 29.3 Å². The number of carboxylic acids is 1. The average Bonchev–Trinajstić information content (AvgIpc) is 3.25. The van der Waals surface area contributed by atoms with Crippen LogP contribution in [-0.2, 0) is 10.4 Å². The first-order valence-corrected chi connectivity index (χ1v) is 9.66. The molecule has 2 aliphatic rings. The third kappa shape index (κ3) is 3.06. The molecule has 5 heteroatoms. The Labute approximate surface area is 141 Å². The third-order valence-electron chi connectivity index (χ3n) is 5.89. The maximum absolute atomic E-state index is 12.0. The number of aliphatic hydroxyl groups is 1. The third-order valence-corrected chi connectivity index (χ3v) is 6.94. The number of carbonyl (C=O) groups is 1. The Morgan fingerprint density at radius 2 is 1.87 bits per heavy atom. The predicted octanol–water partition coefficient (Wildman–Crippen LogP) is 3.46. The molecule has 0 aliphatic heterocycles. The van der Waals surface area contributed by atoms with E-state index in [4.69, 9.17) is 0 Å². The highest BCUT2D eigenvalue weighted by atomic mass is 32.1. The van der Waals surface area contributed by atoms with E-state index in [2.05, 4.69) is 5.32 Å². The highest BCUT2D eigenvalue weighted by Crippen LogP contribution is 2.47. The van der Waals surface area contributed by atoms with Crippen LogP contribution in [0.2, 0.25) is 0 Å². The standard InChI is InChI=1S/C18H27NO3S/c1-19-14-8-6-12(7-9-14)15-10-11-23-16(15)18(22,17(20)21)13-4-2-3-5-13/h10-14,19,22H,2-9H2,1H3,(H,20,21)/t12?,14?,18-/m1/s1. The zero-order chi connectivity index (χ0) is 16.4. The number of hydrogen-bond acceptors (Lipinski definition) is 4. The van der Waals surface area contributed by atoms with Gasteiger partial charge in [0.05, 0.1) is 4.88 Å². The van der Waals surface area contributed by atoms with Crippen molar-refractivity contribution in [2.45, 2.75) is 68.9 Å². The molecule has 23 heavy (non-hydrogen) atoms. The van der Waals surface area contributed by atoms with Crippen molar-refractivity contribution >= 4 is 17.3 Å². The van der Waals surface area contributed by atoms with Crippen molar-refractivity contribution < 1.29 is 15.0 Å². The van der Waals surface area contributed by atoms with E-state index in [1.54, 1.807) is 0 Å². The van der Waals surface area contributed by atoms with Gasteiger partial charge in [0.15, 0.2) is 5.60 Å². The monoisotopic (exact) mass is 337 g/mol. The summed E-state index contributed by atoms with van der Waals surface area (Å²) in [6, 6.07) is 2.62.